The zero-order valence-electron chi connectivity index (χ0n) is 13.3. The van der Waals surface area contributed by atoms with Crippen molar-refractivity contribution >= 4 is 11.8 Å². The molecule has 1 aromatic heterocycles. The van der Waals surface area contributed by atoms with Crippen LogP contribution >= 0.6 is 0 Å². The maximum atomic E-state index is 12.3. The average molecular weight is 297 g/mol. The molecule has 0 aliphatic rings. The van der Waals surface area contributed by atoms with Crippen LogP contribution in [0, 0.1) is 27.7 Å². The van der Waals surface area contributed by atoms with Crippen molar-refractivity contribution in [3.63, 3.8) is 0 Å². The number of rotatable bonds is 4. The SMILES string of the molecule is Cc1cc(C(=O)COC(=O)c2ccncc2)c(C)c(C)c1C. The summed E-state index contributed by atoms with van der Waals surface area (Å²) in [7, 11) is 0. The van der Waals surface area contributed by atoms with Gasteiger partial charge in [-0.1, -0.05) is 0 Å². The number of nitrogens with zero attached hydrogens (tertiary/aromatic N) is 1. The van der Waals surface area contributed by atoms with Crippen molar-refractivity contribution in [3.05, 3.63) is 64.0 Å². The Morgan fingerprint density at radius 2 is 1.64 bits per heavy atom. The molecule has 0 saturated carbocycles. The van der Waals surface area contributed by atoms with Gasteiger partial charge in [0.05, 0.1) is 5.56 Å². The summed E-state index contributed by atoms with van der Waals surface area (Å²) in [5, 5.41) is 0. The Kier molecular flexibility index (Phi) is 4.71. The normalized spacial score (nSPS) is 10.4. The van der Waals surface area contributed by atoms with Gasteiger partial charge in [0.15, 0.2) is 6.61 Å². The highest BCUT2D eigenvalue weighted by Crippen LogP contribution is 2.21. The highest BCUT2D eigenvalue weighted by Gasteiger charge is 2.16. The second kappa shape index (κ2) is 6.52. The molecule has 1 heterocycles. The second-order valence-corrected chi connectivity index (χ2v) is 5.35. The quantitative estimate of drug-likeness (QED) is 0.641. The molecule has 0 unspecified atom stereocenters. The number of Topliss-reactive ketones (excluding diaryl/α,β-unsaturated/α-hetero) is 1. The summed E-state index contributed by atoms with van der Waals surface area (Å²) >= 11 is 0. The first-order valence-corrected chi connectivity index (χ1v) is 7.09. The van der Waals surface area contributed by atoms with Crippen LogP contribution in [0.1, 0.15) is 43.0 Å². The lowest BCUT2D eigenvalue weighted by Crippen LogP contribution is -2.16. The predicted octanol–water partition coefficient (Wildman–Crippen LogP) is 3.35. The highest BCUT2D eigenvalue weighted by molar-refractivity contribution is 6.00. The number of esters is 1. The molecule has 114 valence electrons. The zero-order valence-corrected chi connectivity index (χ0v) is 13.3. The number of hydrogen-bond acceptors (Lipinski definition) is 4. The van der Waals surface area contributed by atoms with Gasteiger partial charge in [0.1, 0.15) is 0 Å². The van der Waals surface area contributed by atoms with Crippen LogP contribution in [-0.4, -0.2) is 23.3 Å². The topological polar surface area (TPSA) is 56.3 Å². The minimum Gasteiger partial charge on any atom is -0.454 e. The lowest BCUT2D eigenvalue weighted by Gasteiger charge is -2.13. The van der Waals surface area contributed by atoms with E-state index in [0.717, 1.165) is 16.7 Å². The molecular weight excluding hydrogens is 278 g/mol. The second-order valence-electron chi connectivity index (χ2n) is 5.35. The van der Waals surface area contributed by atoms with Crippen molar-refractivity contribution in [1.29, 1.82) is 0 Å². The fourth-order valence-electron chi connectivity index (χ4n) is 2.28. The molecule has 0 fully saturated rings. The van der Waals surface area contributed by atoms with E-state index in [-0.39, 0.29) is 12.4 Å². The Labute approximate surface area is 130 Å². The van der Waals surface area contributed by atoms with Gasteiger partial charge in [-0.3, -0.25) is 9.78 Å². The molecule has 0 bridgehead atoms. The maximum Gasteiger partial charge on any atom is 0.338 e. The number of pyridine rings is 1. The summed E-state index contributed by atoms with van der Waals surface area (Å²) < 4.78 is 5.09. The maximum absolute atomic E-state index is 12.3. The van der Waals surface area contributed by atoms with E-state index in [2.05, 4.69) is 4.98 Å². The number of carbonyl (C=O) groups excluding carboxylic acids is 2. The van der Waals surface area contributed by atoms with E-state index in [4.69, 9.17) is 4.74 Å². The Hall–Kier alpha value is -2.49. The van der Waals surface area contributed by atoms with Crippen molar-refractivity contribution in [3.8, 4) is 0 Å². The molecule has 2 rings (SSSR count). The summed E-state index contributed by atoms with van der Waals surface area (Å²) in [6, 6.07) is 4.97. The summed E-state index contributed by atoms with van der Waals surface area (Å²) in [5.41, 5.74) is 5.28. The van der Waals surface area contributed by atoms with E-state index >= 15 is 0 Å². The molecule has 0 spiro atoms. The Morgan fingerprint density at radius 1 is 1.00 bits per heavy atom. The van der Waals surface area contributed by atoms with Crippen LogP contribution in [0.25, 0.3) is 0 Å². The van der Waals surface area contributed by atoms with E-state index < -0.39 is 5.97 Å². The van der Waals surface area contributed by atoms with Gasteiger partial charge in [0.2, 0.25) is 5.78 Å². The molecule has 0 amide bonds. The third-order valence-corrected chi connectivity index (χ3v) is 4.03. The van der Waals surface area contributed by atoms with Crippen LogP contribution in [0.2, 0.25) is 0 Å². The molecule has 0 atom stereocenters. The lowest BCUT2D eigenvalue weighted by molar-refractivity contribution is 0.0474. The van der Waals surface area contributed by atoms with Crippen molar-refractivity contribution in [2.45, 2.75) is 27.7 Å². The van der Waals surface area contributed by atoms with Crippen LogP contribution < -0.4 is 0 Å². The summed E-state index contributed by atoms with van der Waals surface area (Å²) in [6.45, 7) is 7.66. The number of ketones is 1. The molecule has 0 aliphatic heterocycles. The van der Waals surface area contributed by atoms with E-state index in [0.29, 0.717) is 11.1 Å². The fraction of sp³-hybridized carbons (Fsp3) is 0.278. The fourth-order valence-corrected chi connectivity index (χ4v) is 2.28. The van der Waals surface area contributed by atoms with Gasteiger partial charge >= 0.3 is 5.97 Å². The van der Waals surface area contributed by atoms with Crippen LogP contribution in [0.4, 0.5) is 0 Å². The molecule has 0 N–H and O–H groups in total. The Balaban J connectivity index is 2.12. The molecule has 0 radical (unpaired) electrons. The van der Waals surface area contributed by atoms with Gasteiger partial charge in [-0.2, -0.15) is 0 Å². The molecule has 0 aliphatic carbocycles. The van der Waals surface area contributed by atoms with E-state index in [1.54, 1.807) is 12.1 Å². The Morgan fingerprint density at radius 3 is 2.27 bits per heavy atom. The first-order chi connectivity index (χ1) is 10.4. The Bertz CT molecular complexity index is 721. The van der Waals surface area contributed by atoms with Gasteiger partial charge in [0, 0.05) is 18.0 Å². The van der Waals surface area contributed by atoms with Gasteiger partial charge in [-0.25, -0.2) is 4.79 Å². The summed E-state index contributed by atoms with van der Waals surface area (Å²) in [6.07, 6.45) is 3.02. The van der Waals surface area contributed by atoms with Crippen molar-refractivity contribution < 1.29 is 14.3 Å². The van der Waals surface area contributed by atoms with Gasteiger partial charge in [-0.05, 0) is 68.1 Å². The standard InChI is InChI=1S/C18H19NO3/c1-11-9-16(14(4)13(3)12(11)2)17(20)10-22-18(21)15-5-7-19-8-6-15/h5-9H,10H2,1-4H3. The average Bonchev–Trinajstić information content (AvgIpc) is 2.54. The molecule has 1 aromatic carbocycles. The highest BCUT2D eigenvalue weighted by atomic mass is 16.5. The van der Waals surface area contributed by atoms with E-state index in [1.165, 1.54) is 18.0 Å². The first-order valence-electron chi connectivity index (χ1n) is 7.09. The number of carbonyl (C=O) groups is 2. The van der Waals surface area contributed by atoms with Gasteiger partial charge in [-0.15, -0.1) is 0 Å². The summed E-state index contributed by atoms with van der Waals surface area (Å²) in [4.78, 5) is 28.0. The van der Waals surface area contributed by atoms with Crippen LogP contribution in [0.5, 0.6) is 0 Å². The number of benzene rings is 1. The summed E-state index contributed by atoms with van der Waals surface area (Å²) in [5.74, 6) is -0.708. The third kappa shape index (κ3) is 3.22. The number of aryl methyl sites for hydroxylation is 1. The molecule has 4 heteroatoms. The predicted molar refractivity (Wildman–Crippen MR) is 84.2 cm³/mol. The van der Waals surface area contributed by atoms with Gasteiger partial charge < -0.3 is 4.74 Å². The molecular formula is C18H19NO3. The number of hydrogen-bond donors (Lipinski definition) is 0. The number of aromatic nitrogens is 1. The minimum absolute atomic E-state index is 0.189. The van der Waals surface area contributed by atoms with Crippen LogP contribution in [0.3, 0.4) is 0 Å². The third-order valence-electron chi connectivity index (χ3n) is 4.03. The van der Waals surface area contributed by atoms with Crippen molar-refractivity contribution in [1.82, 2.24) is 4.98 Å². The monoisotopic (exact) mass is 297 g/mol. The molecule has 4 nitrogen and oxygen atoms in total. The lowest BCUT2D eigenvalue weighted by atomic mass is 9.93. The largest absolute Gasteiger partial charge is 0.454 e. The van der Waals surface area contributed by atoms with Crippen LogP contribution in [0.15, 0.2) is 30.6 Å². The molecule has 22 heavy (non-hydrogen) atoms. The number of ether oxygens (including phenoxy) is 1. The first kappa shape index (κ1) is 15.9. The minimum atomic E-state index is -0.519. The molecule has 2 aromatic rings. The van der Waals surface area contributed by atoms with E-state index in [9.17, 15) is 9.59 Å². The van der Waals surface area contributed by atoms with E-state index in [1.807, 2.05) is 33.8 Å². The zero-order chi connectivity index (χ0) is 16.3. The van der Waals surface area contributed by atoms with Crippen LogP contribution in [-0.2, 0) is 4.74 Å². The smallest absolute Gasteiger partial charge is 0.338 e. The molecule has 0 saturated heterocycles. The van der Waals surface area contributed by atoms with Gasteiger partial charge in [0.25, 0.3) is 0 Å². The van der Waals surface area contributed by atoms with Crippen molar-refractivity contribution in [2.75, 3.05) is 6.61 Å². The van der Waals surface area contributed by atoms with Crippen molar-refractivity contribution in [2.24, 2.45) is 0 Å².